The Bertz CT molecular complexity index is 878. The van der Waals surface area contributed by atoms with Crippen molar-refractivity contribution in [2.24, 2.45) is 0 Å². The maximum Gasteiger partial charge on any atom is 0.245 e. The summed E-state index contributed by atoms with van der Waals surface area (Å²) in [5.41, 5.74) is 3.92. The molecule has 0 saturated carbocycles. The van der Waals surface area contributed by atoms with Gasteiger partial charge in [0.1, 0.15) is 6.04 Å². The van der Waals surface area contributed by atoms with Crippen LogP contribution >= 0.6 is 0 Å². The first-order valence-corrected chi connectivity index (χ1v) is 11.4. The first-order chi connectivity index (χ1) is 14.7. The van der Waals surface area contributed by atoms with Crippen molar-refractivity contribution in [1.82, 2.24) is 9.80 Å². The molecule has 0 aliphatic carbocycles. The van der Waals surface area contributed by atoms with Gasteiger partial charge in [-0.1, -0.05) is 36.4 Å². The molecular weight excluding hydrogens is 372 g/mol. The fraction of sp³-hybridized carbons (Fsp3) is 0.480. The molecule has 1 amide bonds. The molecule has 0 radical (unpaired) electrons. The number of para-hydroxylation sites is 2. The molecule has 3 aliphatic rings. The maximum absolute atomic E-state index is 13.2. The minimum Gasteiger partial charge on any atom is -0.369 e. The van der Waals surface area contributed by atoms with Gasteiger partial charge in [-0.25, -0.2) is 0 Å². The van der Waals surface area contributed by atoms with Crippen LogP contribution in [-0.2, 0) is 4.79 Å². The zero-order chi connectivity index (χ0) is 20.5. The van der Waals surface area contributed by atoms with E-state index in [1.807, 2.05) is 0 Å². The Morgan fingerprint density at radius 3 is 2.40 bits per heavy atom. The summed E-state index contributed by atoms with van der Waals surface area (Å²) in [5.74, 6) is 0.680. The lowest BCUT2D eigenvalue weighted by Crippen LogP contribution is -2.53. The minimum absolute atomic E-state index is 0.00873. The molecule has 158 valence electrons. The number of hydrogen-bond acceptors (Lipinski definition) is 4. The van der Waals surface area contributed by atoms with E-state index in [2.05, 4.69) is 81.2 Å². The number of likely N-dealkylation sites (tertiary alicyclic amines) is 1. The highest BCUT2D eigenvalue weighted by Crippen LogP contribution is 2.44. The van der Waals surface area contributed by atoms with E-state index < -0.39 is 0 Å². The van der Waals surface area contributed by atoms with E-state index in [0.717, 1.165) is 58.7 Å². The molecule has 3 aliphatic heterocycles. The van der Waals surface area contributed by atoms with Gasteiger partial charge in [0, 0.05) is 63.6 Å². The van der Waals surface area contributed by atoms with Gasteiger partial charge in [0.05, 0.1) is 0 Å². The van der Waals surface area contributed by atoms with E-state index in [4.69, 9.17) is 0 Å². The predicted molar refractivity (Wildman–Crippen MR) is 122 cm³/mol. The van der Waals surface area contributed by atoms with Crippen molar-refractivity contribution in [2.45, 2.75) is 24.8 Å². The molecule has 5 heteroatoms. The summed E-state index contributed by atoms with van der Waals surface area (Å²) < 4.78 is 0. The molecule has 0 spiro atoms. The highest BCUT2D eigenvalue weighted by atomic mass is 16.2. The van der Waals surface area contributed by atoms with Crippen molar-refractivity contribution in [3.8, 4) is 0 Å². The van der Waals surface area contributed by atoms with Gasteiger partial charge in [0.2, 0.25) is 5.91 Å². The smallest absolute Gasteiger partial charge is 0.245 e. The lowest BCUT2D eigenvalue weighted by molar-refractivity contribution is -0.135. The number of piperazine rings is 1. The minimum atomic E-state index is -0.00873. The van der Waals surface area contributed by atoms with E-state index in [-0.39, 0.29) is 6.04 Å². The summed E-state index contributed by atoms with van der Waals surface area (Å²) in [6.45, 7) is 7.22. The number of benzene rings is 2. The molecule has 5 rings (SSSR count). The van der Waals surface area contributed by atoms with Crippen molar-refractivity contribution < 1.29 is 4.79 Å². The largest absolute Gasteiger partial charge is 0.369 e. The molecule has 2 unspecified atom stereocenters. The van der Waals surface area contributed by atoms with Gasteiger partial charge in [-0.3, -0.25) is 9.69 Å². The Balaban J connectivity index is 1.11. The average molecular weight is 405 g/mol. The molecule has 2 fully saturated rings. The molecular formula is C25H32N4O. The molecule has 5 nitrogen and oxygen atoms in total. The van der Waals surface area contributed by atoms with Gasteiger partial charge in [-0.15, -0.1) is 0 Å². The normalized spacial score (nSPS) is 24.2. The number of likely N-dealkylation sites (N-methyl/N-ethyl adjacent to an activating group) is 1. The van der Waals surface area contributed by atoms with Gasteiger partial charge < -0.3 is 14.7 Å². The van der Waals surface area contributed by atoms with Crippen LogP contribution < -0.4 is 9.80 Å². The molecule has 3 heterocycles. The first-order valence-electron chi connectivity index (χ1n) is 11.4. The number of rotatable bonds is 5. The Labute approximate surface area is 179 Å². The summed E-state index contributed by atoms with van der Waals surface area (Å²) >= 11 is 0. The van der Waals surface area contributed by atoms with E-state index in [9.17, 15) is 4.79 Å². The van der Waals surface area contributed by atoms with Crippen LogP contribution in [0.3, 0.4) is 0 Å². The van der Waals surface area contributed by atoms with Crippen LogP contribution in [0.25, 0.3) is 0 Å². The van der Waals surface area contributed by atoms with Crippen LogP contribution in [0.5, 0.6) is 0 Å². The molecule has 30 heavy (non-hydrogen) atoms. The lowest BCUT2D eigenvalue weighted by Gasteiger charge is -2.38. The second-order valence-electron chi connectivity index (χ2n) is 8.85. The van der Waals surface area contributed by atoms with Crippen LogP contribution in [0, 0.1) is 0 Å². The average Bonchev–Trinajstić information content (AvgIpc) is 3.09. The third-order valence-corrected chi connectivity index (χ3v) is 7.19. The highest BCUT2D eigenvalue weighted by molar-refractivity contribution is 5.90. The Morgan fingerprint density at radius 2 is 1.60 bits per heavy atom. The molecule has 2 aromatic rings. The summed E-state index contributed by atoms with van der Waals surface area (Å²) in [7, 11) is 2.08. The third-order valence-electron chi connectivity index (χ3n) is 7.19. The fourth-order valence-electron chi connectivity index (χ4n) is 5.53. The molecule has 0 N–H and O–H groups in total. The van der Waals surface area contributed by atoms with Crippen LogP contribution in [0.15, 0.2) is 54.6 Å². The Hall–Kier alpha value is -2.53. The maximum atomic E-state index is 13.2. The summed E-state index contributed by atoms with van der Waals surface area (Å²) in [6.07, 6.45) is 2.14. The van der Waals surface area contributed by atoms with Crippen molar-refractivity contribution in [1.29, 1.82) is 0 Å². The Kier molecular flexibility index (Phi) is 5.38. The number of fused-ring (bicyclic) bond motifs is 3. The number of piperidine rings is 1. The Morgan fingerprint density at radius 1 is 0.867 bits per heavy atom. The SMILES string of the molecule is CN1c2ccccc2C2CCN(CCCN3CCN(c4ccccc4)CC3)C(=O)C21. The van der Waals surface area contributed by atoms with Crippen molar-refractivity contribution in [2.75, 3.05) is 62.7 Å². The van der Waals surface area contributed by atoms with Gasteiger partial charge in [-0.05, 0) is 43.1 Å². The third kappa shape index (κ3) is 3.56. The standard InChI is InChI=1S/C25H32N4O/c1-26-23-11-6-5-10-21(23)22-12-15-29(25(30)24(22)26)14-7-13-27-16-18-28(19-17-27)20-8-3-2-4-9-20/h2-6,8-11,22,24H,7,12-19H2,1H3. The summed E-state index contributed by atoms with van der Waals surface area (Å²) in [4.78, 5) is 22.6. The highest BCUT2D eigenvalue weighted by Gasteiger charge is 2.45. The predicted octanol–water partition coefficient (Wildman–Crippen LogP) is 3.03. The van der Waals surface area contributed by atoms with Crippen LogP contribution in [-0.4, -0.2) is 74.6 Å². The number of nitrogens with zero attached hydrogens (tertiary/aromatic N) is 4. The van der Waals surface area contributed by atoms with Gasteiger partial charge in [0.15, 0.2) is 0 Å². The first kappa shape index (κ1) is 19.4. The van der Waals surface area contributed by atoms with Crippen LogP contribution in [0.2, 0.25) is 0 Å². The quantitative estimate of drug-likeness (QED) is 0.766. The van der Waals surface area contributed by atoms with Gasteiger partial charge in [0.25, 0.3) is 0 Å². The summed E-state index contributed by atoms with van der Waals surface area (Å²) in [5, 5.41) is 0. The topological polar surface area (TPSA) is 30.0 Å². The molecule has 0 bridgehead atoms. The van der Waals surface area contributed by atoms with E-state index in [0.29, 0.717) is 11.8 Å². The van der Waals surface area contributed by atoms with E-state index >= 15 is 0 Å². The lowest BCUT2D eigenvalue weighted by atomic mass is 9.87. The van der Waals surface area contributed by atoms with Crippen molar-refractivity contribution >= 4 is 17.3 Å². The monoisotopic (exact) mass is 404 g/mol. The van der Waals surface area contributed by atoms with Crippen LogP contribution in [0.1, 0.15) is 24.3 Å². The summed E-state index contributed by atoms with van der Waals surface area (Å²) in [6, 6.07) is 19.2. The number of hydrogen-bond donors (Lipinski definition) is 0. The molecule has 0 aromatic heterocycles. The molecule has 2 atom stereocenters. The van der Waals surface area contributed by atoms with Crippen LogP contribution in [0.4, 0.5) is 11.4 Å². The zero-order valence-corrected chi connectivity index (χ0v) is 17.9. The molecule has 2 aromatic carbocycles. The van der Waals surface area contributed by atoms with Crippen molar-refractivity contribution in [3.05, 3.63) is 60.2 Å². The second-order valence-corrected chi connectivity index (χ2v) is 8.85. The zero-order valence-electron chi connectivity index (χ0n) is 17.9. The fourth-order valence-corrected chi connectivity index (χ4v) is 5.53. The second kappa shape index (κ2) is 8.31. The van der Waals surface area contributed by atoms with Gasteiger partial charge in [-0.2, -0.15) is 0 Å². The number of anilines is 2. The molecule has 2 saturated heterocycles. The van der Waals surface area contributed by atoms with E-state index in [1.54, 1.807) is 0 Å². The van der Waals surface area contributed by atoms with Crippen molar-refractivity contribution in [3.63, 3.8) is 0 Å². The van der Waals surface area contributed by atoms with Gasteiger partial charge >= 0.3 is 0 Å². The number of carbonyl (C=O) groups is 1. The number of amides is 1. The van der Waals surface area contributed by atoms with E-state index in [1.165, 1.54) is 16.9 Å². The number of carbonyl (C=O) groups excluding carboxylic acids is 1.